The highest BCUT2D eigenvalue weighted by Gasteiger charge is 2.12. The van der Waals surface area contributed by atoms with Crippen LogP contribution in [-0.4, -0.2) is 23.0 Å². The summed E-state index contributed by atoms with van der Waals surface area (Å²) in [6, 6.07) is 5.71. The van der Waals surface area contributed by atoms with Gasteiger partial charge in [-0.15, -0.1) is 0 Å². The molecular formula is C12H12N2O2. The average Bonchev–Trinajstić information content (AvgIpc) is 2.77. The van der Waals surface area contributed by atoms with Crippen LogP contribution in [0.1, 0.15) is 21.6 Å². The SMILES string of the molecule is COC(=O)c1c[nH]cc1Cc1ccccn1. The monoisotopic (exact) mass is 216 g/mol. The molecule has 0 aliphatic rings. The standard InChI is InChI=1S/C12H12N2O2/c1-16-12(15)11-8-13-7-9(11)6-10-4-2-3-5-14-10/h2-5,7-8,13H,6H2,1H3. The lowest BCUT2D eigenvalue weighted by Crippen LogP contribution is -2.03. The molecule has 4 nitrogen and oxygen atoms in total. The van der Waals surface area contributed by atoms with Crippen LogP contribution in [0.4, 0.5) is 0 Å². The molecule has 82 valence electrons. The van der Waals surface area contributed by atoms with Crippen LogP contribution < -0.4 is 0 Å². The van der Waals surface area contributed by atoms with Crippen molar-refractivity contribution in [3.63, 3.8) is 0 Å². The molecule has 1 N–H and O–H groups in total. The number of hydrogen-bond acceptors (Lipinski definition) is 3. The van der Waals surface area contributed by atoms with Crippen molar-refractivity contribution in [1.82, 2.24) is 9.97 Å². The summed E-state index contributed by atoms with van der Waals surface area (Å²) in [5, 5.41) is 0. The number of methoxy groups -OCH3 is 1. The number of nitrogens with one attached hydrogen (secondary N) is 1. The number of hydrogen-bond donors (Lipinski definition) is 1. The van der Waals surface area contributed by atoms with Gasteiger partial charge in [-0.3, -0.25) is 4.98 Å². The van der Waals surface area contributed by atoms with Crippen molar-refractivity contribution in [3.05, 3.63) is 53.6 Å². The number of esters is 1. The second kappa shape index (κ2) is 4.61. The Bertz CT molecular complexity index is 477. The van der Waals surface area contributed by atoms with Gasteiger partial charge in [0, 0.05) is 30.7 Å². The molecule has 2 rings (SSSR count). The van der Waals surface area contributed by atoms with Crippen LogP contribution in [0.15, 0.2) is 36.8 Å². The Kier molecular flexibility index (Phi) is 3.00. The lowest BCUT2D eigenvalue weighted by molar-refractivity contribution is 0.0600. The van der Waals surface area contributed by atoms with Crippen molar-refractivity contribution in [2.75, 3.05) is 7.11 Å². The first-order valence-electron chi connectivity index (χ1n) is 4.95. The van der Waals surface area contributed by atoms with Gasteiger partial charge in [0.25, 0.3) is 0 Å². The summed E-state index contributed by atoms with van der Waals surface area (Å²) in [7, 11) is 1.37. The van der Waals surface area contributed by atoms with E-state index in [1.807, 2.05) is 18.2 Å². The van der Waals surface area contributed by atoms with E-state index >= 15 is 0 Å². The van der Waals surface area contributed by atoms with Crippen molar-refractivity contribution < 1.29 is 9.53 Å². The zero-order valence-electron chi connectivity index (χ0n) is 8.93. The molecule has 4 heteroatoms. The number of carbonyl (C=O) groups is 1. The van der Waals surface area contributed by atoms with E-state index in [1.165, 1.54) is 7.11 Å². The third kappa shape index (κ3) is 2.11. The molecular weight excluding hydrogens is 204 g/mol. The summed E-state index contributed by atoms with van der Waals surface area (Å²) in [4.78, 5) is 18.5. The summed E-state index contributed by atoms with van der Waals surface area (Å²) in [5.74, 6) is -0.327. The molecule has 0 radical (unpaired) electrons. The fraction of sp³-hybridized carbons (Fsp3) is 0.167. The average molecular weight is 216 g/mol. The maximum Gasteiger partial charge on any atom is 0.339 e. The lowest BCUT2D eigenvalue weighted by Gasteiger charge is -2.01. The van der Waals surface area contributed by atoms with Crippen molar-refractivity contribution in [1.29, 1.82) is 0 Å². The van der Waals surface area contributed by atoms with Crippen LogP contribution in [0.5, 0.6) is 0 Å². The second-order valence-corrected chi connectivity index (χ2v) is 3.38. The van der Waals surface area contributed by atoms with Crippen molar-refractivity contribution in [2.45, 2.75) is 6.42 Å². The molecule has 0 aliphatic heterocycles. The Labute approximate surface area is 93.3 Å². The van der Waals surface area contributed by atoms with Gasteiger partial charge >= 0.3 is 5.97 Å². The molecule has 2 heterocycles. The normalized spacial score (nSPS) is 10.1. The number of pyridine rings is 1. The first-order chi connectivity index (χ1) is 7.81. The van der Waals surface area contributed by atoms with Gasteiger partial charge in [-0.2, -0.15) is 0 Å². The van der Waals surface area contributed by atoms with Gasteiger partial charge in [0.15, 0.2) is 0 Å². The van der Waals surface area contributed by atoms with Crippen molar-refractivity contribution >= 4 is 5.97 Å². The minimum Gasteiger partial charge on any atom is -0.465 e. The van der Waals surface area contributed by atoms with Crippen LogP contribution in [0.3, 0.4) is 0 Å². The molecule has 2 aromatic rings. The number of aromatic nitrogens is 2. The maximum atomic E-state index is 11.4. The van der Waals surface area contributed by atoms with Gasteiger partial charge in [0.1, 0.15) is 0 Å². The Morgan fingerprint density at radius 1 is 1.44 bits per heavy atom. The van der Waals surface area contributed by atoms with Gasteiger partial charge < -0.3 is 9.72 Å². The minimum absolute atomic E-state index is 0.327. The highest BCUT2D eigenvalue weighted by molar-refractivity contribution is 5.90. The van der Waals surface area contributed by atoms with Crippen LogP contribution in [0.2, 0.25) is 0 Å². The Balaban J connectivity index is 2.22. The van der Waals surface area contributed by atoms with Crippen LogP contribution in [0.25, 0.3) is 0 Å². The maximum absolute atomic E-state index is 11.4. The molecule has 2 aromatic heterocycles. The van der Waals surface area contributed by atoms with Gasteiger partial charge in [-0.1, -0.05) is 6.07 Å². The third-order valence-electron chi connectivity index (χ3n) is 2.33. The number of aromatic amines is 1. The molecule has 16 heavy (non-hydrogen) atoms. The molecule has 0 bridgehead atoms. The fourth-order valence-corrected chi connectivity index (χ4v) is 1.54. The van der Waals surface area contributed by atoms with E-state index in [9.17, 15) is 4.79 Å². The minimum atomic E-state index is -0.327. The lowest BCUT2D eigenvalue weighted by atomic mass is 10.1. The van der Waals surface area contributed by atoms with E-state index in [0.717, 1.165) is 11.3 Å². The zero-order valence-corrected chi connectivity index (χ0v) is 8.93. The quantitative estimate of drug-likeness (QED) is 0.796. The summed E-state index contributed by atoms with van der Waals surface area (Å²) in [5.41, 5.74) is 2.38. The molecule has 0 aromatic carbocycles. The van der Waals surface area contributed by atoms with Crippen molar-refractivity contribution in [2.24, 2.45) is 0 Å². The molecule has 0 amide bonds. The molecule has 0 unspecified atom stereocenters. The van der Waals surface area contributed by atoms with Crippen LogP contribution >= 0.6 is 0 Å². The zero-order chi connectivity index (χ0) is 11.4. The largest absolute Gasteiger partial charge is 0.465 e. The number of rotatable bonds is 3. The van der Waals surface area contributed by atoms with Gasteiger partial charge in [-0.25, -0.2) is 4.79 Å². The Hall–Kier alpha value is -2.10. The van der Waals surface area contributed by atoms with Gasteiger partial charge in [0.2, 0.25) is 0 Å². The summed E-state index contributed by atoms with van der Waals surface area (Å²) < 4.78 is 4.69. The number of ether oxygens (including phenoxy) is 1. The van der Waals surface area contributed by atoms with E-state index in [1.54, 1.807) is 18.6 Å². The van der Waals surface area contributed by atoms with E-state index in [0.29, 0.717) is 12.0 Å². The topological polar surface area (TPSA) is 55.0 Å². The van der Waals surface area contributed by atoms with E-state index in [2.05, 4.69) is 9.97 Å². The summed E-state index contributed by atoms with van der Waals surface area (Å²) in [6.45, 7) is 0. The van der Waals surface area contributed by atoms with E-state index in [4.69, 9.17) is 4.74 Å². The fourth-order valence-electron chi connectivity index (χ4n) is 1.54. The van der Waals surface area contributed by atoms with Gasteiger partial charge in [-0.05, 0) is 17.7 Å². The first kappa shape index (κ1) is 10.4. The van der Waals surface area contributed by atoms with E-state index < -0.39 is 0 Å². The Morgan fingerprint density at radius 3 is 3.00 bits per heavy atom. The number of nitrogens with zero attached hydrogens (tertiary/aromatic N) is 1. The first-order valence-corrected chi connectivity index (χ1v) is 4.95. The third-order valence-corrected chi connectivity index (χ3v) is 2.33. The molecule has 0 saturated heterocycles. The molecule has 0 saturated carbocycles. The molecule has 0 atom stereocenters. The highest BCUT2D eigenvalue weighted by atomic mass is 16.5. The molecule has 0 aliphatic carbocycles. The van der Waals surface area contributed by atoms with Crippen LogP contribution in [-0.2, 0) is 11.2 Å². The predicted molar refractivity (Wildman–Crippen MR) is 59.2 cm³/mol. The smallest absolute Gasteiger partial charge is 0.339 e. The van der Waals surface area contributed by atoms with Crippen molar-refractivity contribution in [3.8, 4) is 0 Å². The highest BCUT2D eigenvalue weighted by Crippen LogP contribution is 2.13. The predicted octanol–water partition coefficient (Wildman–Crippen LogP) is 1.79. The summed E-state index contributed by atoms with van der Waals surface area (Å²) in [6.07, 6.45) is 5.79. The van der Waals surface area contributed by atoms with Gasteiger partial charge in [0.05, 0.1) is 12.7 Å². The number of H-pyrrole nitrogens is 1. The summed E-state index contributed by atoms with van der Waals surface area (Å²) >= 11 is 0. The van der Waals surface area contributed by atoms with Crippen LogP contribution in [0, 0.1) is 0 Å². The van der Waals surface area contributed by atoms with E-state index in [-0.39, 0.29) is 5.97 Å². The molecule has 0 fully saturated rings. The number of carbonyl (C=O) groups excluding carboxylic acids is 1. The second-order valence-electron chi connectivity index (χ2n) is 3.38. The Morgan fingerprint density at radius 2 is 2.31 bits per heavy atom. The molecule has 0 spiro atoms.